The minimum atomic E-state index is -1.03. The Hall–Kier alpha value is -2.43. The first kappa shape index (κ1) is 14.0. The van der Waals surface area contributed by atoms with Gasteiger partial charge in [-0.25, -0.2) is 14.8 Å². The van der Waals surface area contributed by atoms with Crippen LogP contribution < -0.4 is 5.32 Å². The van der Waals surface area contributed by atoms with Crippen LogP contribution in [0.15, 0.2) is 30.6 Å². The van der Waals surface area contributed by atoms with Crippen LogP contribution in [0.4, 0.5) is 11.6 Å². The lowest BCUT2D eigenvalue weighted by molar-refractivity contribution is 0.0696. The maximum absolute atomic E-state index is 10.8. The first-order valence-electron chi connectivity index (χ1n) is 6.58. The Labute approximate surface area is 117 Å². The van der Waals surface area contributed by atoms with Crippen molar-refractivity contribution in [1.29, 1.82) is 0 Å². The van der Waals surface area contributed by atoms with Gasteiger partial charge in [0.15, 0.2) is 0 Å². The Morgan fingerprint density at radius 2 is 1.70 bits per heavy atom. The molecular formula is C15H17N3O2. The van der Waals surface area contributed by atoms with Crippen LogP contribution in [0.25, 0.3) is 0 Å². The van der Waals surface area contributed by atoms with E-state index in [0.29, 0.717) is 5.95 Å². The largest absolute Gasteiger partial charge is 0.478 e. The molecule has 1 aromatic heterocycles. The van der Waals surface area contributed by atoms with Crippen LogP contribution in [0.3, 0.4) is 0 Å². The predicted octanol–water partition coefficient (Wildman–Crippen LogP) is 3.04. The van der Waals surface area contributed by atoms with Gasteiger partial charge in [-0.2, -0.15) is 0 Å². The quantitative estimate of drug-likeness (QED) is 0.874. The number of benzene rings is 1. The van der Waals surface area contributed by atoms with Crippen molar-refractivity contribution in [3.63, 3.8) is 0 Å². The van der Waals surface area contributed by atoms with Crippen molar-refractivity contribution >= 4 is 17.6 Å². The molecule has 0 saturated carbocycles. The van der Waals surface area contributed by atoms with Crippen molar-refractivity contribution in [1.82, 2.24) is 9.97 Å². The van der Waals surface area contributed by atoms with Gasteiger partial charge in [0.25, 0.3) is 0 Å². The van der Waals surface area contributed by atoms with Gasteiger partial charge >= 0.3 is 5.97 Å². The molecule has 0 saturated heterocycles. The van der Waals surface area contributed by atoms with Crippen LogP contribution in [0.1, 0.15) is 35.3 Å². The van der Waals surface area contributed by atoms with Gasteiger partial charge in [-0.1, -0.05) is 32.0 Å². The molecule has 0 atom stereocenters. The number of nitrogens with zero attached hydrogens (tertiary/aromatic N) is 2. The number of hydrogen-bond donors (Lipinski definition) is 2. The molecule has 2 N–H and O–H groups in total. The number of aromatic carboxylic acids is 1. The number of hydrogen-bond acceptors (Lipinski definition) is 4. The number of nitrogens with one attached hydrogen (secondary N) is 1. The molecule has 1 aromatic carbocycles. The minimum Gasteiger partial charge on any atom is -0.478 e. The maximum Gasteiger partial charge on any atom is 0.338 e. The second-order valence-electron chi connectivity index (χ2n) is 4.38. The molecule has 0 aliphatic heterocycles. The van der Waals surface area contributed by atoms with E-state index in [2.05, 4.69) is 41.3 Å². The molecule has 5 heteroatoms. The Balaban J connectivity index is 2.31. The van der Waals surface area contributed by atoms with Crippen molar-refractivity contribution < 1.29 is 9.90 Å². The summed E-state index contributed by atoms with van der Waals surface area (Å²) >= 11 is 0. The lowest BCUT2D eigenvalue weighted by atomic mass is 10.0. The van der Waals surface area contributed by atoms with Gasteiger partial charge in [-0.15, -0.1) is 0 Å². The Morgan fingerprint density at radius 3 is 2.15 bits per heavy atom. The smallest absolute Gasteiger partial charge is 0.338 e. The third-order valence-corrected chi connectivity index (χ3v) is 3.13. The van der Waals surface area contributed by atoms with Crippen molar-refractivity contribution in [3.8, 4) is 0 Å². The number of carboxylic acid groups (broad SMARTS) is 1. The van der Waals surface area contributed by atoms with E-state index < -0.39 is 5.97 Å². The van der Waals surface area contributed by atoms with Crippen LogP contribution in [-0.2, 0) is 12.8 Å². The van der Waals surface area contributed by atoms with Gasteiger partial charge in [0.1, 0.15) is 0 Å². The SMILES string of the molecule is CCc1cccc(CC)c1Nc1ncc(C(=O)O)cn1. The molecule has 5 nitrogen and oxygen atoms in total. The average molecular weight is 271 g/mol. The molecule has 0 aliphatic rings. The second-order valence-corrected chi connectivity index (χ2v) is 4.38. The van der Waals surface area contributed by atoms with Gasteiger partial charge in [0.2, 0.25) is 5.95 Å². The fourth-order valence-corrected chi connectivity index (χ4v) is 2.02. The summed E-state index contributed by atoms with van der Waals surface area (Å²) in [6.07, 6.45) is 4.42. The summed E-state index contributed by atoms with van der Waals surface area (Å²) in [4.78, 5) is 18.9. The summed E-state index contributed by atoms with van der Waals surface area (Å²) in [5, 5.41) is 12.0. The van der Waals surface area contributed by atoms with E-state index >= 15 is 0 Å². The van der Waals surface area contributed by atoms with Gasteiger partial charge in [0.05, 0.1) is 5.56 Å². The molecule has 0 spiro atoms. The molecule has 104 valence electrons. The maximum atomic E-state index is 10.8. The highest BCUT2D eigenvalue weighted by Gasteiger charge is 2.09. The third-order valence-electron chi connectivity index (χ3n) is 3.13. The number of rotatable bonds is 5. The number of aryl methyl sites for hydroxylation is 2. The van der Waals surface area contributed by atoms with Crippen molar-refractivity contribution in [2.24, 2.45) is 0 Å². The van der Waals surface area contributed by atoms with Gasteiger partial charge in [-0.05, 0) is 24.0 Å². The number of carbonyl (C=O) groups is 1. The number of anilines is 2. The molecule has 2 aromatic rings. The lowest BCUT2D eigenvalue weighted by Crippen LogP contribution is -2.05. The van der Waals surface area contributed by atoms with E-state index in [-0.39, 0.29) is 5.56 Å². The average Bonchev–Trinajstić information content (AvgIpc) is 2.48. The summed E-state index contributed by atoms with van der Waals surface area (Å²) in [5.74, 6) is -0.620. The van der Waals surface area contributed by atoms with Crippen molar-refractivity contribution in [2.45, 2.75) is 26.7 Å². The molecule has 1 heterocycles. The first-order valence-corrected chi connectivity index (χ1v) is 6.58. The molecular weight excluding hydrogens is 254 g/mol. The van der Waals surface area contributed by atoms with E-state index in [1.165, 1.54) is 23.5 Å². The Bertz CT molecular complexity index is 587. The Kier molecular flexibility index (Phi) is 4.30. The van der Waals surface area contributed by atoms with Crippen LogP contribution in [0.5, 0.6) is 0 Å². The van der Waals surface area contributed by atoms with E-state index in [0.717, 1.165) is 18.5 Å². The van der Waals surface area contributed by atoms with Crippen LogP contribution in [0.2, 0.25) is 0 Å². The first-order chi connectivity index (χ1) is 9.65. The molecule has 0 unspecified atom stereocenters. The highest BCUT2D eigenvalue weighted by Crippen LogP contribution is 2.24. The van der Waals surface area contributed by atoms with Crippen molar-refractivity contribution in [2.75, 3.05) is 5.32 Å². The fraction of sp³-hybridized carbons (Fsp3) is 0.267. The van der Waals surface area contributed by atoms with E-state index in [9.17, 15) is 4.79 Å². The summed E-state index contributed by atoms with van der Waals surface area (Å²) in [7, 11) is 0. The molecule has 2 rings (SSSR count). The van der Waals surface area contributed by atoms with Gasteiger partial charge in [-0.3, -0.25) is 0 Å². The standard InChI is InChI=1S/C15H17N3O2/c1-3-10-6-5-7-11(4-2)13(10)18-15-16-8-12(9-17-15)14(19)20/h5-9H,3-4H2,1-2H3,(H,19,20)(H,16,17,18). The molecule has 0 aliphatic carbocycles. The summed E-state index contributed by atoms with van der Waals surface area (Å²) in [6.45, 7) is 4.18. The lowest BCUT2D eigenvalue weighted by Gasteiger charge is -2.14. The highest BCUT2D eigenvalue weighted by molar-refractivity contribution is 5.86. The van der Waals surface area contributed by atoms with Crippen LogP contribution >= 0.6 is 0 Å². The summed E-state index contributed by atoms with van der Waals surface area (Å²) in [6, 6.07) is 6.16. The second kappa shape index (κ2) is 6.14. The molecule has 0 bridgehead atoms. The zero-order chi connectivity index (χ0) is 14.5. The van der Waals surface area contributed by atoms with E-state index in [1.807, 2.05) is 6.07 Å². The monoisotopic (exact) mass is 271 g/mol. The summed E-state index contributed by atoms with van der Waals surface area (Å²) < 4.78 is 0. The Morgan fingerprint density at radius 1 is 1.15 bits per heavy atom. The normalized spacial score (nSPS) is 10.3. The number of carboxylic acids is 1. The highest BCUT2D eigenvalue weighted by atomic mass is 16.4. The molecule has 0 radical (unpaired) electrons. The van der Waals surface area contributed by atoms with Crippen LogP contribution in [0, 0.1) is 0 Å². The van der Waals surface area contributed by atoms with Crippen LogP contribution in [-0.4, -0.2) is 21.0 Å². The predicted molar refractivity (Wildman–Crippen MR) is 77.5 cm³/mol. The third kappa shape index (κ3) is 2.93. The fourth-order valence-electron chi connectivity index (χ4n) is 2.02. The van der Waals surface area contributed by atoms with E-state index in [4.69, 9.17) is 5.11 Å². The number of aromatic nitrogens is 2. The van der Waals surface area contributed by atoms with E-state index in [1.54, 1.807) is 0 Å². The zero-order valence-electron chi connectivity index (χ0n) is 11.6. The van der Waals surface area contributed by atoms with Gasteiger partial charge in [0, 0.05) is 18.1 Å². The van der Waals surface area contributed by atoms with Gasteiger partial charge < -0.3 is 10.4 Å². The molecule has 20 heavy (non-hydrogen) atoms. The zero-order valence-corrected chi connectivity index (χ0v) is 11.6. The van der Waals surface area contributed by atoms with Crippen molar-refractivity contribution in [3.05, 3.63) is 47.3 Å². The molecule has 0 fully saturated rings. The molecule has 0 amide bonds. The minimum absolute atomic E-state index is 0.0787. The topological polar surface area (TPSA) is 75.1 Å². The summed E-state index contributed by atoms with van der Waals surface area (Å²) in [5.41, 5.74) is 3.47. The number of para-hydroxylation sites is 1.